The molecule has 4 nitrogen and oxygen atoms in total. The monoisotopic (exact) mass is 348 g/mol. The molecule has 0 heterocycles. The molecule has 22 heavy (non-hydrogen) atoms. The van der Waals surface area contributed by atoms with Gasteiger partial charge in [-0.2, -0.15) is 0 Å². The minimum Gasteiger partial charge on any atom is -0.468 e. The summed E-state index contributed by atoms with van der Waals surface area (Å²) >= 11 is 0. The molecule has 6 heteroatoms. The molecular formula is C16H32O4SSi. The molecule has 1 aliphatic carbocycles. The second kappa shape index (κ2) is 7.03. The number of carbonyl (C=O) groups excluding carboxylic acids is 1. The molecule has 1 rings (SSSR count). The van der Waals surface area contributed by atoms with E-state index in [0.717, 1.165) is 6.04 Å². The first kappa shape index (κ1) is 19.7. The van der Waals surface area contributed by atoms with Gasteiger partial charge in [0.2, 0.25) is 0 Å². The fraction of sp³-hybridized carbons (Fsp3) is 0.938. The van der Waals surface area contributed by atoms with E-state index in [1.807, 2.05) is 0 Å². The molecule has 130 valence electrons. The van der Waals surface area contributed by atoms with E-state index in [9.17, 15) is 13.2 Å². The average Bonchev–Trinajstić information content (AvgIpc) is 2.81. The van der Waals surface area contributed by atoms with Crippen LogP contribution in [0.25, 0.3) is 0 Å². The van der Waals surface area contributed by atoms with Gasteiger partial charge in [-0.3, -0.25) is 4.79 Å². The van der Waals surface area contributed by atoms with E-state index in [2.05, 4.69) is 27.7 Å². The first-order chi connectivity index (χ1) is 10.1. The topological polar surface area (TPSA) is 60.4 Å². The van der Waals surface area contributed by atoms with Crippen LogP contribution >= 0.6 is 0 Å². The highest BCUT2D eigenvalue weighted by Crippen LogP contribution is 2.49. The Hall–Kier alpha value is -0.363. The molecule has 0 N–H and O–H groups in total. The molecule has 0 radical (unpaired) electrons. The van der Waals surface area contributed by atoms with Crippen LogP contribution in [0.15, 0.2) is 0 Å². The minimum atomic E-state index is -3.48. The lowest BCUT2D eigenvalue weighted by Crippen LogP contribution is -2.45. The van der Waals surface area contributed by atoms with Gasteiger partial charge in [0.25, 0.3) is 0 Å². The van der Waals surface area contributed by atoms with E-state index in [1.165, 1.54) is 31.5 Å². The first-order valence-electron chi connectivity index (χ1n) is 8.39. The fourth-order valence-corrected chi connectivity index (χ4v) is 9.71. The van der Waals surface area contributed by atoms with Gasteiger partial charge in [-0.1, -0.05) is 51.9 Å². The molecule has 0 aliphatic heterocycles. The number of ether oxygens (including phenoxy) is 1. The van der Waals surface area contributed by atoms with Gasteiger partial charge in [0.05, 0.1) is 15.2 Å². The molecule has 0 aromatic carbocycles. The summed E-state index contributed by atoms with van der Waals surface area (Å²) in [4.78, 5) is 12.3. The van der Waals surface area contributed by atoms with Crippen molar-refractivity contribution in [2.24, 2.45) is 11.8 Å². The molecule has 1 fully saturated rings. The summed E-state index contributed by atoms with van der Waals surface area (Å²) in [5.41, 5.74) is 0. The van der Waals surface area contributed by atoms with E-state index in [-0.39, 0.29) is 5.92 Å². The third kappa shape index (κ3) is 3.42. The van der Waals surface area contributed by atoms with Gasteiger partial charge in [-0.05, 0) is 24.7 Å². The highest BCUT2D eigenvalue weighted by atomic mass is 32.2. The van der Waals surface area contributed by atoms with Crippen molar-refractivity contribution in [1.82, 2.24) is 0 Å². The van der Waals surface area contributed by atoms with Gasteiger partial charge in [-0.15, -0.1) is 0 Å². The van der Waals surface area contributed by atoms with E-state index in [0.29, 0.717) is 18.8 Å². The van der Waals surface area contributed by atoms with E-state index in [1.54, 1.807) is 0 Å². The third-order valence-corrected chi connectivity index (χ3v) is 14.1. The van der Waals surface area contributed by atoms with E-state index >= 15 is 0 Å². The molecule has 1 aliphatic rings. The quantitative estimate of drug-likeness (QED) is 0.522. The molecule has 1 saturated carbocycles. The molecule has 0 amide bonds. The van der Waals surface area contributed by atoms with Gasteiger partial charge < -0.3 is 4.74 Å². The lowest BCUT2D eigenvalue weighted by Gasteiger charge is -2.33. The van der Waals surface area contributed by atoms with Crippen molar-refractivity contribution < 1.29 is 17.9 Å². The highest BCUT2D eigenvalue weighted by Gasteiger charge is 2.57. The summed E-state index contributed by atoms with van der Waals surface area (Å²) in [6.07, 6.45) is 2.03. The Bertz CT molecular complexity index is 490. The number of carbonyl (C=O) groups is 1. The zero-order valence-electron chi connectivity index (χ0n) is 14.9. The lowest BCUT2D eigenvalue weighted by atomic mass is 10.0. The van der Waals surface area contributed by atoms with Crippen molar-refractivity contribution in [3.05, 3.63) is 0 Å². The maximum atomic E-state index is 12.3. The fourth-order valence-electron chi connectivity index (χ4n) is 4.21. The number of sulfone groups is 1. The van der Waals surface area contributed by atoms with Gasteiger partial charge in [0, 0.05) is 6.26 Å². The smallest absolute Gasteiger partial charge is 0.327 e. The predicted octanol–water partition coefficient (Wildman–Crippen LogP) is 3.50. The lowest BCUT2D eigenvalue weighted by molar-refractivity contribution is -0.143. The van der Waals surface area contributed by atoms with Crippen LogP contribution in [0.4, 0.5) is 0 Å². The number of rotatable bonds is 7. The predicted molar refractivity (Wildman–Crippen MR) is 93.5 cm³/mol. The van der Waals surface area contributed by atoms with Crippen LogP contribution in [0.2, 0.25) is 24.2 Å². The van der Waals surface area contributed by atoms with Gasteiger partial charge in [-0.25, -0.2) is 8.42 Å². The number of hydrogen-bond donors (Lipinski definition) is 0. The summed E-state index contributed by atoms with van der Waals surface area (Å²) in [6, 6.07) is 4.82. The Morgan fingerprint density at radius 2 is 1.68 bits per heavy atom. The molecule has 1 unspecified atom stereocenters. The molecule has 0 saturated heterocycles. The Kier molecular flexibility index (Phi) is 6.29. The molecule has 0 aromatic rings. The van der Waals surface area contributed by atoms with Crippen molar-refractivity contribution in [3.8, 4) is 0 Å². The zero-order chi connectivity index (χ0) is 17.2. The summed E-state index contributed by atoms with van der Waals surface area (Å²) < 4.78 is 28.2. The van der Waals surface area contributed by atoms with Gasteiger partial charge in [0.1, 0.15) is 0 Å². The second-order valence-electron chi connectivity index (χ2n) is 7.17. The Balaban J connectivity index is 3.12. The summed E-state index contributed by atoms with van der Waals surface area (Å²) in [7, 11) is -3.53. The number of methoxy groups -OCH3 is 1. The van der Waals surface area contributed by atoms with Crippen LogP contribution in [-0.4, -0.2) is 40.6 Å². The number of hydrogen-bond acceptors (Lipinski definition) is 4. The van der Waals surface area contributed by atoms with Crippen molar-refractivity contribution in [3.63, 3.8) is 0 Å². The molecular weight excluding hydrogens is 316 g/mol. The second-order valence-corrected chi connectivity index (χ2v) is 15.0. The molecule has 0 spiro atoms. The largest absolute Gasteiger partial charge is 0.468 e. The van der Waals surface area contributed by atoms with Crippen LogP contribution in [0, 0.1) is 11.8 Å². The van der Waals surface area contributed by atoms with Crippen LogP contribution in [0.5, 0.6) is 0 Å². The molecule has 0 aromatic heterocycles. The van der Waals surface area contributed by atoms with E-state index in [4.69, 9.17) is 4.74 Å². The average molecular weight is 349 g/mol. The minimum absolute atomic E-state index is 0.255. The van der Waals surface area contributed by atoms with Crippen molar-refractivity contribution >= 4 is 23.9 Å². The van der Waals surface area contributed by atoms with Crippen LogP contribution in [0.1, 0.15) is 40.5 Å². The summed E-state index contributed by atoms with van der Waals surface area (Å²) in [6.45, 7) is 8.90. The Morgan fingerprint density at radius 3 is 2.05 bits per heavy atom. The molecule has 3 atom stereocenters. The normalized spacial score (nSPS) is 29.5. The third-order valence-electron chi connectivity index (χ3n) is 6.26. The van der Waals surface area contributed by atoms with Crippen LogP contribution in [-0.2, 0) is 19.4 Å². The summed E-state index contributed by atoms with van der Waals surface area (Å²) in [5.74, 6) is 0.00630. The SMILES string of the molecule is CC[Si](CC)(CC)C[C@@H]1CC(C(=O)OC)(S(C)(=O)=O)C[C@H]1C. The van der Waals surface area contributed by atoms with Gasteiger partial charge >= 0.3 is 5.97 Å². The Labute approximate surface area is 136 Å². The van der Waals surface area contributed by atoms with E-state index < -0.39 is 28.6 Å². The van der Waals surface area contributed by atoms with Crippen molar-refractivity contribution in [2.75, 3.05) is 13.4 Å². The maximum Gasteiger partial charge on any atom is 0.327 e. The zero-order valence-corrected chi connectivity index (χ0v) is 16.8. The van der Waals surface area contributed by atoms with Gasteiger partial charge in [0.15, 0.2) is 14.6 Å². The summed E-state index contributed by atoms with van der Waals surface area (Å²) in [5, 5.41) is 0. The highest BCUT2D eigenvalue weighted by molar-refractivity contribution is 7.92. The van der Waals surface area contributed by atoms with Crippen molar-refractivity contribution in [1.29, 1.82) is 0 Å². The first-order valence-corrected chi connectivity index (χ1v) is 13.1. The number of esters is 1. The van der Waals surface area contributed by atoms with Crippen LogP contribution in [0.3, 0.4) is 0 Å². The Morgan fingerprint density at radius 1 is 1.18 bits per heavy atom. The maximum absolute atomic E-state index is 12.3. The van der Waals surface area contributed by atoms with Crippen LogP contribution < -0.4 is 0 Å². The van der Waals surface area contributed by atoms with Crippen molar-refractivity contribution in [2.45, 2.75) is 69.5 Å². The molecule has 0 bridgehead atoms. The standard InChI is InChI=1S/C16H32O4SSi/c1-7-22(8-2,9-3)12-14-11-16(10-13(14)4,15(17)20-5)21(6,18)19/h13-14H,7-12H2,1-6H3/t13-,14+,16?/m1/s1.